The molecule has 0 N–H and O–H groups in total. The summed E-state index contributed by atoms with van der Waals surface area (Å²) in [6, 6.07) is 12.3. The highest BCUT2D eigenvalue weighted by atomic mass is 19.1. The molecule has 0 amide bonds. The maximum Gasteiger partial charge on any atom is 0.225 e. The third-order valence-corrected chi connectivity index (χ3v) is 6.94. The molecule has 1 fully saturated rings. The highest BCUT2D eigenvalue weighted by Crippen LogP contribution is 2.39. The van der Waals surface area contributed by atoms with Crippen LogP contribution in [0.3, 0.4) is 0 Å². The minimum absolute atomic E-state index is 0.0201. The molecule has 8 heteroatoms. The standard InChI is InChI=1S/C27H29FN4O3/c1-17-26-23(14-18(15-24(26)33)22-9-8-21(34-2)16-25(22)35-3)30-27(29-17)32-12-10-31(11-13-32)20-6-4-19(28)5-7-20/h4-9,16,18H,10-15H2,1-3H3/t18-/m1/s1. The van der Waals surface area contributed by atoms with Crippen LogP contribution < -0.4 is 19.3 Å². The lowest BCUT2D eigenvalue weighted by Gasteiger charge is -2.36. The van der Waals surface area contributed by atoms with E-state index in [1.165, 1.54) is 12.1 Å². The molecule has 1 saturated heterocycles. The summed E-state index contributed by atoms with van der Waals surface area (Å²) in [6.07, 6.45) is 1.05. The van der Waals surface area contributed by atoms with Crippen molar-refractivity contribution in [3.63, 3.8) is 0 Å². The average Bonchev–Trinajstić information content (AvgIpc) is 2.88. The summed E-state index contributed by atoms with van der Waals surface area (Å²) in [7, 11) is 3.25. The number of carbonyl (C=O) groups excluding carboxylic acids is 1. The van der Waals surface area contributed by atoms with Crippen molar-refractivity contribution in [3.05, 3.63) is 70.8 Å². The second kappa shape index (κ2) is 9.52. The maximum atomic E-state index is 13.3. The van der Waals surface area contributed by atoms with Crippen LogP contribution in [0.4, 0.5) is 16.0 Å². The fraction of sp³-hybridized carbons (Fsp3) is 0.370. The Kier molecular flexibility index (Phi) is 6.28. The molecular weight excluding hydrogens is 447 g/mol. The molecule has 5 rings (SSSR count). The van der Waals surface area contributed by atoms with Crippen LogP contribution in [0, 0.1) is 12.7 Å². The van der Waals surface area contributed by atoms with Crippen LogP contribution in [0.2, 0.25) is 0 Å². The molecule has 0 saturated carbocycles. The summed E-state index contributed by atoms with van der Waals surface area (Å²) >= 11 is 0. The second-order valence-corrected chi connectivity index (χ2v) is 9.02. The third-order valence-electron chi connectivity index (χ3n) is 6.94. The zero-order valence-electron chi connectivity index (χ0n) is 20.3. The monoisotopic (exact) mass is 476 g/mol. The number of aryl methyl sites for hydroxylation is 1. The highest BCUT2D eigenvalue weighted by Gasteiger charge is 2.32. The van der Waals surface area contributed by atoms with Gasteiger partial charge in [0.05, 0.1) is 31.2 Å². The molecule has 7 nitrogen and oxygen atoms in total. The minimum Gasteiger partial charge on any atom is -0.497 e. The number of rotatable bonds is 5. The number of hydrogen-bond donors (Lipinski definition) is 0. The normalized spacial score (nSPS) is 17.8. The van der Waals surface area contributed by atoms with E-state index in [1.807, 2.05) is 37.3 Å². The number of hydrogen-bond acceptors (Lipinski definition) is 7. The first kappa shape index (κ1) is 23.1. The van der Waals surface area contributed by atoms with Crippen molar-refractivity contribution in [2.75, 3.05) is 50.2 Å². The quantitative estimate of drug-likeness (QED) is 0.547. The molecule has 1 atom stereocenters. The van der Waals surface area contributed by atoms with E-state index in [9.17, 15) is 9.18 Å². The minimum atomic E-state index is -0.231. The maximum absolute atomic E-state index is 13.3. The van der Waals surface area contributed by atoms with Gasteiger partial charge in [-0.05, 0) is 49.2 Å². The van der Waals surface area contributed by atoms with Gasteiger partial charge in [-0.25, -0.2) is 14.4 Å². The van der Waals surface area contributed by atoms with Crippen molar-refractivity contribution >= 4 is 17.4 Å². The number of ketones is 1. The second-order valence-electron chi connectivity index (χ2n) is 9.02. The van der Waals surface area contributed by atoms with Gasteiger partial charge < -0.3 is 19.3 Å². The van der Waals surface area contributed by atoms with E-state index in [4.69, 9.17) is 19.4 Å². The number of fused-ring (bicyclic) bond motifs is 1. The Hall–Kier alpha value is -3.68. The molecule has 1 aliphatic carbocycles. The van der Waals surface area contributed by atoms with E-state index >= 15 is 0 Å². The van der Waals surface area contributed by atoms with Gasteiger partial charge in [-0.2, -0.15) is 0 Å². The van der Waals surface area contributed by atoms with Crippen molar-refractivity contribution in [2.45, 2.75) is 25.7 Å². The predicted octanol–water partition coefficient (Wildman–Crippen LogP) is 4.18. The number of methoxy groups -OCH3 is 2. The Labute approximate surface area is 204 Å². The molecule has 182 valence electrons. The first-order chi connectivity index (χ1) is 17.0. The smallest absolute Gasteiger partial charge is 0.225 e. The van der Waals surface area contributed by atoms with E-state index in [0.717, 1.165) is 48.8 Å². The zero-order chi connectivity index (χ0) is 24.5. The van der Waals surface area contributed by atoms with E-state index in [1.54, 1.807) is 14.2 Å². The Morgan fingerprint density at radius 1 is 0.914 bits per heavy atom. The van der Waals surface area contributed by atoms with Gasteiger partial charge in [0.15, 0.2) is 5.78 Å². The van der Waals surface area contributed by atoms with Crippen molar-refractivity contribution < 1.29 is 18.7 Å². The lowest BCUT2D eigenvalue weighted by Crippen LogP contribution is -2.47. The van der Waals surface area contributed by atoms with Crippen LogP contribution in [0.25, 0.3) is 0 Å². The lowest BCUT2D eigenvalue weighted by molar-refractivity contribution is 0.0961. The van der Waals surface area contributed by atoms with E-state index < -0.39 is 0 Å². The molecule has 1 aromatic heterocycles. The number of ether oxygens (including phenoxy) is 2. The van der Waals surface area contributed by atoms with E-state index in [2.05, 4.69) is 9.80 Å². The molecule has 0 spiro atoms. The fourth-order valence-corrected chi connectivity index (χ4v) is 5.09. The van der Waals surface area contributed by atoms with Crippen LogP contribution in [0.1, 0.15) is 39.6 Å². The summed E-state index contributed by atoms with van der Waals surface area (Å²) in [6.45, 7) is 4.97. The molecule has 0 bridgehead atoms. The van der Waals surface area contributed by atoms with Gasteiger partial charge in [0.25, 0.3) is 0 Å². The van der Waals surface area contributed by atoms with Crippen LogP contribution in [-0.2, 0) is 6.42 Å². The molecule has 35 heavy (non-hydrogen) atoms. The number of nitrogens with zero attached hydrogens (tertiary/aromatic N) is 4. The van der Waals surface area contributed by atoms with Gasteiger partial charge in [-0.1, -0.05) is 6.07 Å². The van der Waals surface area contributed by atoms with Gasteiger partial charge in [-0.15, -0.1) is 0 Å². The molecule has 2 aromatic carbocycles. The molecule has 2 heterocycles. The number of aromatic nitrogens is 2. The van der Waals surface area contributed by atoms with Gasteiger partial charge >= 0.3 is 0 Å². The zero-order valence-corrected chi connectivity index (χ0v) is 20.3. The lowest BCUT2D eigenvalue weighted by atomic mass is 9.81. The highest BCUT2D eigenvalue weighted by molar-refractivity contribution is 5.99. The average molecular weight is 477 g/mol. The Balaban J connectivity index is 1.37. The summed E-state index contributed by atoms with van der Waals surface area (Å²) in [4.78, 5) is 27.1. The van der Waals surface area contributed by atoms with Crippen molar-refractivity contribution in [3.8, 4) is 11.5 Å². The van der Waals surface area contributed by atoms with Crippen molar-refractivity contribution in [1.82, 2.24) is 9.97 Å². The Morgan fingerprint density at radius 3 is 2.31 bits per heavy atom. The van der Waals surface area contributed by atoms with E-state index in [-0.39, 0.29) is 17.5 Å². The molecule has 0 radical (unpaired) electrons. The predicted molar refractivity (Wildman–Crippen MR) is 133 cm³/mol. The van der Waals surface area contributed by atoms with E-state index in [0.29, 0.717) is 35.9 Å². The van der Waals surface area contributed by atoms with Crippen LogP contribution in [0.15, 0.2) is 42.5 Å². The molecule has 0 unspecified atom stereocenters. The fourth-order valence-electron chi connectivity index (χ4n) is 5.09. The molecule has 1 aliphatic heterocycles. The van der Waals surface area contributed by atoms with Gasteiger partial charge in [0.2, 0.25) is 5.95 Å². The van der Waals surface area contributed by atoms with Crippen LogP contribution >= 0.6 is 0 Å². The van der Waals surface area contributed by atoms with Crippen LogP contribution in [0.5, 0.6) is 11.5 Å². The van der Waals surface area contributed by atoms with Crippen molar-refractivity contribution in [1.29, 1.82) is 0 Å². The number of halogens is 1. The largest absolute Gasteiger partial charge is 0.497 e. The first-order valence-corrected chi connectivity index (χ1v) is 11.8. The third kappa shape index (κ3) is 4.52. The first-order valence-electron chi connectivity index (χ1n) is 11.8. The number of Topliss-reactive ketones (excluding diaryl/α,β-unsaturated/α-hetero) is 1. The number of anilines is 2. The molecule has 3 aromatic rings. The van der Waals surface area contributed by atoms with Crippen LogP contribution in [-0.4, -0.2) is 56.1 Å². The number of carbonyl (C=O) groups is 1. The SMILES string of the molecule is COc1ccc([C@H]2CC(=O)c3c(C)nc(N4CCN(c5ccc(F)cc5)CC4)nc3C2)c(OC)c1. The summed E-state index contributed by atoms with van der Waals surface area (Å²) < 4.78 is 24.2. The number of benzene rings is 2. The Morgan fingerprint density at radius 2 is 1.63 bits per heavy atom. The number of piperazine rings is 1. The molecule has 2 aliphatic rings. The molecular formula is C27H29FN4O3. The summed E-state index contributed by atoms with van der Waals surface area (Å²) in [5, 5.41) is 0. The van der Waals surface area contributed by atoms with Gasteiger partial charge in [0, 0.05) is 50.3 Å². The van der Waals surface area contributed by atoms with Crippen molar-refractivity contribution in [2.24, 2.45) is 0 Å². The Bertz CT molecular complexity index is 1240. The van der Waals surface area contributed by atoms with Gasteiger partial charge in [0.1, 0.15) is 17.3 Å². The van der Waals surface area contributed by atoms with Gasteiger partial charge in [-0.3, -0.25) is 4.79 Å². The summed E-state index contributed by atoms with van der Waals surface area (Å²) in [5.74, 6) is 1.91. The topological polar surface area (TPSA) is 67.8 Å². The summed E-state index contributed by atoms with van der Waals surface area (Å²) in [5.41, 5.74) is 4.18.